The predicted octanol–water partition coefficient (Wildman–Crippen LogP) is 5.01. The zero-order chi connectivity index (χ0) is 14.0. The van der Waals surface area contributed by atoms with Crippen LogP contribution >= 0.6 is 11.6 Å². The third-order valence-electron chi connectivity index (χ3n) is 2.66. The van der Waals surface area contributed by atoms with Gasteiger partial charge in [0.25, 0.3) is 0 Å². The maximum Gasteiger partial charge on any atom is 0.417 e. The summed E-state index contributed by atoms with van der Waals surface area (Å²) in [6.45, 7) is 0. The molecule has 0 aliphatic carbocycles. The molecule has 0 aliphatic heterocycles. The molecule has 0 heterocycles. The third-order valence-corrected chi connectivity index (χ3v) is 2.97. The second-order valence-electron chi connectivity index (χ2n) is 3.88. The number of hydrogen-bond donors (Lipinski definition) is 0. The van der Waals surface area contributed by atoms with Crippen molar-refractivity contribution in [3.8, 4) is 23.5 Å². The first-order valence-electron chi connectivity index (χ1n) is 5.36. The van der Waals surface area contributed by atoms with E-state index in [1.54, 1.807) is 6.07 Å². The predicted molar refractivity (Wildman–Crippen MR) is 69.8 cm³/mol. The molecule has 0 fully saturated rings. The Morgan fingerprint density at radius 1 is 1.00 bits per heavy atom. The van der Waals surface area contributed by atoms with Crippen LogP contribution in [0, 0.1) is 12.3 Å². The van der Waals surface area contributed by atoms with Gasteiger partial charge in [0, 0.05) is 16.1 Å². The second kappa shape index (κ2) is 4.99. The van der Waals surface area contributed by atoms with E-state index >= 15 is 0 Å². The van der Waals surface area contributed by atoms with Crippen LogP contribution in [0.15, 0.2) is 42.5 Å². The molecule has 0 unspecified atom stereocenters. The molecule has 0 spiro atoms. The molecule has 2 aromatic rings. The summed E-state index contributed by atoms with van der Waals surface area (Å²) in [5, 5.41) is 0.201. The molecular formula is C15H8ClF3. The Morgan fingerprint density at radius 2 is 1.68 bits per heavy atom. The lowest BCUT2D eigenvalue weighted by Crippen LogP contribution is -2.07. The van der Waals surface area contributed by atoms with Crippen molar-refractivity contribution in [1.82, 2.24) is 0 Å². The summed E-state index contributed by atoms with van der Waals surface area (Å²) in [4.78, 5) is 0. The maximum absolute atomic E-state index is 12.9. The number of hydrogen-bond acceptors (Lipinski definition) is 0. The van der Waals surface area contributed by atoms with Gasteiger partial charge in [0.2, 0.25) is 0 Å². The zero-order valence-electron chi connectivity index (χ0n) is 9.63. The number of benzene rings is 2. The first kappa shape index (κ1) is 13.5. The molecule has 19 heavy (non-hydrogen) atoms. The second-order valence-corrected chi connectivity index (χ2v) is 4.29. The van der Waals surface area contributed by atoms with Crippen LogP contribution in [0.1, 0.15) is 11.1 Å². The minimum Gasteiger partial charge on any atom is -0.166 e. The summed E-state index contributed by atoms with van der Waals surface area (Å²) < 4.78 is 38.8. The SMILES string of the molecule is C#Cc1ccc(-c2ccccc2C(F)(F)F)c(Cl)c1. The Bertz CT molecular complexity index is 651. The Labute approximate surface area is 113 Å². The number of terminal acetylenes is 1. The monoisotopic (exact) mass is 280 g/mol. The van der Waals surface area contributed by atoms with Crippen molar-refractivity contribution in [3.05, 3.63) is 58.6 Å². The molecule has 96 valence electrons. The molecule has 0 amide bonds. The minimum absolute atomic E-state index is 0.0450. The van der Waals surface area contributed by atoms with Crippen LogP contribution in [-0.4, -0.2) is 0 Å². The lowest BCUT2D eigenvalue weighted by atomic mass is 9.98. The van der Waals surface area contributed by atoms with Gasteiger partial charge in [-0.3, -0.25) is 0 Å². The van der Waals surface area contributed by atoms with Crippen LogP contribution < -0.4 is 0 Å². The average molecular weight is 281 g/mol. The maximum atomic E-state index is 12.9. The lowest BCUT2D eigenvalue weighted by Gasteiger charge is -2.13. The Hall–Kier alpha value is -1.92. The standard InChI is InChI=1S/C15H8ClF3/c1-2-10-7-8-12(14(16)9-10)11-5-3-4-6-13(11)15(17,18)19/h1,3-9H. The van der Waals surface area contributed by atoms with Gasteiger partial charge >= 0.3 is 6.18 Å². The third kappa shape index (κ3) is 2.74. The molecule has 0 atom stereocenters. The Kier molecular flexibility index (Phi) is 3.55. The number of halogens is 4. The van der Waals surface area contributed by atoms with Crippen molar-refractivity contribution in [2.75, 3.05) is 0 Å². The van der Waals surface area contributed by atoms with Crippen molar-refractivity contribution in [2.45, 2.75) is 6.18 Å². The van der Waals surface area contributed by atoms with Gasteiger partial charge in [-0.05, 0) is 23.8 Å². The fourth-order valence-electron chi connectivity index (χ4n) is 1.79. The molecule has 4 heteroatoms. The van der Waals surface area contributed by atoms with Crippen LogP contribution in [-0.2, 0) is 6.18 Å². The van der Waals surface area contributed by atoms with Gasteiger partial charge in [-0.15, -0.1) is 6.42 Å². The van der Waals surface area contributed by atoms with Gasteiger partial charge < -0.3 is 0 Å². The fraction of sp³-hybridized carbons (Fsp3) is 0.0667. The summed E-state index contributed by atoms with van der Waals surface area (Å²) in [7, 11) is 0. The van der Waals surface area contributed by atoms with E-state index in [0.717, 1.165) is 6.07 Å². The zero-order valence-corrected chi connectivity index (χ0v) is 10.4. The summed E-state index contributed by atoms with van der Waals surface area (Å²) in [6.07, 6.45) is 0.792. The normalized spacial score (nSPS) is 11.1. The molecule has 0 aliphatic rings. The Morgan fingerprint density at radius 3 is 2.26 bits per heavy atom. The molecule has 0 bridgehead atoms. The van der Waals surface area contributed by atoms with E-state index in [1.807, 2.05) is 0 Å². The van der Waals surface area contributed by atoms with Crippen molar-refractivity contribution >= 4 is 11.6 Å². The van der Waals surface area contributed by atoms with E-state index in [9.17, 15) is 13.2 Å². The van der Waals surface area contributed by atoms with Crippen molar-refractivity contribution < 1.29 is 13.2 Å². The van der Waals surface area contributed by atoms with E-state index in [2.05, 4.69) is 5.92 Å². The largest absolute Gasteiger partial charge is 0.417 e. The van der Waals surface area contributed by atoms with Crippen LogP contribution in [0.4, 0.5) is 13.2 Å². The van der Waals surface area contributed by atoms with Gasteiger partial charge in [-0.1, -0.05) is 41.8 Å². The van der Waals surface area contributed by atoms with Crippen LogP contribution in [0.25, 0.3) is 11.1 Å². The van der Waals surface area contributed by atoms with E-state index in [4.69, 9.17) is 18.0 Å². The van der Waals surface area contributed by atoms with Crippen molar-refractivity contribution in [1.29, 1.82) is 0 Å². The van der Waals surface area contributed by atoms with E-state index in [0.29, 0.717) is 11.1 Å². The molecule has 0 saturated carbocycles. The Balaban J connectivity index is 2.64. The first-order valence-corrected chi connectivity index (χ1v) is 5.74. The van der Waals surface area contributed by atoms with Gasteiger partial charge in [0.1, 0.15) is 0 Å². The highest BCUT2D eigenvalue weighted by atomic mass is 35.5. The molecule has 0 radical (unpaired) electrons. The molecular weight excluding hydrogens is 273 g/mol. The van der Waals surface area contributed by atoms with Gasteiger partial charge in [0.15, 0.2) is 0 Å². The minimum atomic E-state index is -4.43. The van der Waals surface area contributed by atoms with Crippen LogP contribution in [0.5, 0.6) is 0 Å². The topological polar surface area (TPSA) is 0 Å². The van der Waals surface area contributed by atoms with Crippen molar-refractivity contribution in [2.24, 2.45) is 0 Å². The molecule has 2 rings (SSSR count). The molecule has 2 aromatic carbocycles. The summed E-state index contributed by atoms with van der Waals surface area (Å²) >= 11 is 6.00. The lowest BCUT2D eigenvalue weighted by molar-refractivity contribution is -0.137. The van der Waals surface area contributed by atoms with E-state index in [1.165, 1.54) is 30.3 Å². The highest BCUT2D eigenvalue weighted by Gasteiger charge is 2.33. The molecule has 0 N–H and O–H groups in total. The highest BCUT2D eigenvalue weighted by molar-refractivity contribution is 6.33. The molecule has 0 saturated heterocycles. The quantitative estimate of drug-likeness (QED) is 0.644. The van der Waals surface area contributed by atoms with Gasteiger partial charge in [-0.2, -0.15) is 13.2 Å². The number of alkyl halides is 3. The first-order chi connectivity index (χ1) is 8.93. The van der Waals surface area contributed by atoms with Crippen molar-refractivity contribution in [3.63, 3.8) is 0 Å². The smallest absolute Gasteiger partial charge is 0.166 e. The van der Waals surface area contributed by atoms with Gasteiger partial charge in [0.05, 0.1) is 5.56 Å². The van der Waals surface area contributed by atoms with Crippen LogP contribution in [0.2, 0.25) is 5.02 Å². The fourth-order valence-corrected chi connectivity index (χ4v) is 2.07. The van der Waals surface area contributed by atoms with E-state index in [-0.39, 0.29) is 10.6 Å². The van der Waals surface area contributed by atoms with Crippen LogP contribution in [0.3, 0.4) is 0 Å². The molecule has 0 aromatic heterocycles. The summed E-state index contributed by atoms with van der Waals surface area (Å²) in [5.41, 5.74) is 0.167. The highest BCUT2D eigenvalue weighted by Crippen LogP contribution is 2.39. The van der Waals surface area contributed by atoms with Gasteiger partial charge in [-0.25, -0.2) is 0 Å². The van der Waals surface area contributed by atoms with E-state index < -0.39 is 11.7 Å². The average Bonchev–Trinajstić information content (AvgIpc) is 2.37. The summed E-state index contributed by atoms with van der Waals surface area (Å²) in [6, 6.07) is 9.84. The number of rotatable bonds is 1. The molecule has 0 nitrogen and oxygen atoms in total. The summed E-state index contributed by atoms with van der Waals surface area (Å²) in [5.74, 6) is 2.38.